The number of nitrogens with zero attached hydrogens (tertiary/aromatic N) is 8. The van der Waals surface area contributed by atoms with Crippen LogP contribution in [0.15, 0.2) is 49.1 Å². The van der Waals surface area contributed by atoms with Gasteiger partial charge in [-0.2, -0.15) is 25.5 Å². The number of nitriles is 2. The maximum atomic E-state index is 9.30. The van der Waals surface area contributed by atoms with Gasteiger partial charge in [0.15, 0.2) is 0 Å². The number of pyridine rings is 1. The Morgan fingerprint density at radius 2 is 1.97 bits per heavy atom. The van der Waals surface area contributed by atoms with E-state index in [1.165, 1.54) is 6.20 Å². The Balaban J connectivity index is 1.62. The fraction of sp³-hybridized carbons (Fsp3) is 0.227. The maximum absolute atomic E-state index is 9.30. The normalized spacial score (nSPS) is 20.0. The average Bonchev–Trinajstić information content (AvgIpc) is 3.26. The van der Waals surface area contributed by atoms with Crippen LogP contribution < -0.4 is 5.73 Å². The number of hydrogen-bond acceptors (Lipinski definition) is 8. The molecule has 0 saturated heterocycles. The molecular formula is C22H17N9. The van der Waals surface area contributed by atoms with Gasteiger partial charge in [0.05, 0.1) is 59.8 Å². The van der Waals surface area contributed by atoms with Crippen LogP contribution in [0.1, 0.15) is 19.3 Å². The molecule has 31 heavy (non-hydrogen) atoms. The third kappa shape index (κ3) is 3.13. The molecule has 2 N–H and O–H groups in total. The van der Waals surface area contributed by atoms with Crippen LogP contribution >= 0.6 is 0 Å². The van der Waals surface area contributed by atoms with E-state index in [2.05, 4.69) is 32.2 Å². The minimum Gasteiger partial charge on any atom is -0.382 e. The molecule has 1 aliphatic rings. The first-order valence-electron chi connectivity index (χ1n) is 9.78. The summed E-state index contributed by atoms with van der Waals surface area (Å²) in [6, 6.07) is 12.3. The molecule has 1 aromatic carbocycles. The van der Waals surface area contributed by atoms with Gasteiger partial charge in [-0.25, -0.2) is 4.98 Å². The van der Waals surface area contributed by atoms with Crippen molar-refractivity contribution in [1.82, 2.24) is 29.9 Å². The van der Waals surface area contributed by atoms with E-state index in [0.29, 0.717) is 30.0 Å². The summed E-state index contributed by atoms with van der Waals surface area (Å²) in [6.45, 7) is 0. The summed E-state index contributed by atoms with van der Waals surface area (Å²) < 4.78 is 0. The lowest BCUT2D eigenvalue weighted by Gasteiger charge is -2.42. The Hall–Kier alpha value is -4.37. The molecular weight excluding hydrogens is 390 g/mol. The lowest BCUT2D eigenvalue weighted by molar-refractivity contribution is 0.0713. The van der Waals surface area contributed by atoms with E-state index in [1.807, 2.05) is 24.3 Å². The van der Waals surface area contributed by atoms with Crippen LogP contribution in [0.5, 0.6) is 0 Å². The summed E-state index contributed by atoms with van der Waals surface area (Å²) in [5.41, 5.74) is 8.97. The zero-order valence-corrected chi connectivity index (χ0v) is 16.5. The first kappa shape index (κ1) is 18.6. The third-order valence-corrected chi connectivity index (χ3v) is 5.72. The topological polar surface area (TPSA) is 143 Å². The highest BCUT2D eigenvalue weighted by Gasteiger charge is 2.48. The van der Waals surface area contributed by atoms with Gasteiger partial charge in [-0.3, -0.25) is 9.97 Å². The quantitative estimate of drug-likeness (QED) is 0.543. The summed E-state index contributed by atoms with van der Waals surface area (Å²) in [5.74, 6) is 0.282. The molecule has 9 nitrogen and oxygen atoms in total. The minimum absolute atomic E-state index is 0.0692. The van der Waals surface area contributed by atoms with Gasteiger partial charge in [0.25, 0.3) is 0 Å². The van der Waals surface area contributed by atoms with E-state index in [-0.39, 0.29) is 12.3 Å². The Labute approximate surface area is 177 Å². The second-order valence-corrected chi connectivity index (χ2v) is 7.73. The minimum atomic E-state index is -0.526. The van der Waals surface area contributed by atoms with Crippen molar-refractivity contribution < 1.29 is 0 Å². The first-order valence-corrected chi connectivity index (χ1v) is 9.78. The van der Waals surface area contributed by atoms with Crippen molar-refractivity contribution in [1.29, 1.82) is 10.5 Å². The molecule has 1 fully saturated rings. The molecule has 0 atom stereocenters. The molecule has 0 bridgehead atoms. The number of rotatable bonds is 4. The van der Waals surface area contributed by atoms with Gasteiger partial charge in [-0.1, -0.05) is 6.07 Å². The highest BCUT2D eigenvalue weighted by molar-refractivity contribution is 5.96. The molecule has 0 amide bonds. The van der Waals surface area contributed by atoms with E-state index in [9.17, 15) is 10.5 Å². The van der Waals surface area contributed by atoms with Gasteiger partial charge in [0, 0.05) is 22.7 Å². The maximum Gasteiger partial charge on any atom is 0.141 e. The van der Waals surface area contributed by atoms with Crippen LogP contribution in [0, 0.1) is 28.6 Å². The summed E-state index contributed by atoms with van der Waals surface area (Å²) in [4.78, 5) is 14.6. The largest absolute Gasteiger partial charge is 0.382 e. The predicted molar refractivity (Wildman–Crippen MR) is 113 cm³/mol. The molecule has 150 valence electrons. The number of benzene rings is 1. The molecule has 1 aliphatic carbocycles. The van der Waals surface area contributed by atoms with E-state index in [1.54, 1.807) is 23.4 Å². The van der Waals surface area contributed by atoms with Crippen LogP contribution in [0.4, 0.5) is 5.82 Å². The van der Waals surface area contributed by atoms with E-state index < -0.39 is 5.54 Å². The number of nitrogens with two attached hydrogens (primary N) is 1. The number of anilines is 1. The summed E-state index contributed by atoms with van der Waals surface area (Å²) in [5, 5.41) is 28.6. The molecule has 0 spiro atoms. The van der Waals surface area contributed by atoms with Crippen molar-refractivity contribution in [2.75, 3.05) is 5.73 Å². The van der Waals surface area contributed by atoms with Crippen LogP contribution in [0.3, 0.4) is 0 Å². The molecule has 3 heterocycles. The lowest BCUT2D eigenvalue weighted by Crippen LogP contribution is -2.47. The lowest BCUT2D eigenvalue weighted by atomic mass is 9.68. The fourth-order valence-corrected chi connectivity index (χ4v) is 4.12. The van der Waals surface area contributed by atoms with Gasteiger partial charge in [-0.05, 0) is 31.0 Å². The van der Waals surface area contributed by atoms with Crippen molar-refractivity contribution >= 4 is 16.7 Å². The molecule has 1 saturated carbocycles. The highest BCUT2D eigenvalue weighted by atomic mass is 15.5. The van der Waals surface area contributed by atoms with Gasteiger partial charge in [0.1, 0.15) is 11.5 Å². The Kier molecular flexibility index (Phi) is 4.30. The van der Waals surface area contributed by atoms with E-state index >= 15 is 0 Å². The fourth-order valence-electron chi connectivity index (χ4n) is 4.12. The van der Waals surface area contributed by atoms with Crippen molar-refractivity contribution in [2.24, 2.45) is 5.92 Å². The van der Waals surface area contributed by atoms with Gasteiger partial charge in [-0.15, -0.1) is 0 Å². The molecule has 0 unspecified atom stereocenters. The summed E-state index contributed by atoms with van der Waals surface area (Å²) in [6.07, 6.45) is 7.99. The van der Waals surface area contributed by atoms with Crippen LogP contribution in [0.2, 0.25) is 0 Å². The molecule has 3 aromatic heterocycles. The molecule has 9 heteroatoms. The second kappa shape index (κ2) is 7.15. The molecule has 4 aromatic rings. The predicted octanol–water partition coefficient (Wildman–Crippen LogP) is 3.08. The number of fused-ring (bicyclic) bond motifs is 1. The van der Waals surface area contributed by atoms with Gasteiger partial charge in [0.2, 0.25) is 0 Å². The van der Waals surface area contributed by atoms with E-state index in [0.717, 1.165) is 22.0 Å². The third-order valence-electron chi connectivity index (χ3n) is 5.72. The summed E-state index contributed by atoms with van der Waals surface area (Å²) >= 11 is 0. The molecule has 0 aliphatic heterocycles. The van der Waals surface area contributed by atoms with Gasteiger partial charge >= 0.3 is 0 Å². The number of hydrogen-bond donors (Lipinski definition) is 1. The number of aromatic nitrogens is 6. The molecule has 5 rings (SSSR count). The second-order valence-electron chi connectivity index (χ2n) is 7.73. The van der Waals surface area contributed by atoms with Crippen LogP contribution in [0.25, 0.3) is 33.4 Å². The van der Waals surface area contributed by atoms with Gasteiger partial charge < -0.3 is 5.73 Å². The highest BCUT2D eigenvalue weighted by Crippen LogP contribution is 2.45. The zero-order chi connectivity index (χ0) is 21.4. The van der Waals surface area contributed by atoms with Crippen molar-refractivity contribution in [3.8, 4) is 34.7 Å². The Morgan fingerprint density at radius 3 is 2.71 bits per heavy atom. The molecule has 0 radical (unpaired) electrons. The van der Waals surface area contributed by atoms with E-state index in [4.69, 9.17) is 10.8 Å². The standard InChI is InChI=1S/C22H17N9/c23-4-3-22(8-14(9-22)10-24)31-29-12-20(30-31)17-6-15(19-11-28-21(25)13-27-19)7-18-16(17)2-1-5-26-18/h1-2,5-7,11-14H,3,8-9H2,(H2,25,28)/t14-,22-. The number of nitrogen functional groups attached to an aromatic ring is 1. The Bertz CT molecular complexity index is 1350. The average molecular weight is 407 g/mol. The smallest absolute Gasteiger partial charge is 0.141 e. The first-order chi connectivity index (χ1) is 15.1. The Morgan fingerprint density at radius 1 is 1.10 bits per heavy atom. The van der Waals surface area contributed by atoms with Crippen LogP contribution in [-0.4, -0.2) is 29.9 Å². The van der Waals surface area contributed by atoms with Crippen molar-refractivity contribution in [2.45, 2.75) is 24.8 Å². The SMILES string of the molecule is N#CC[C@]1(n2ncc(-c3cc(-c4cnc(N)cn4)cc4ncccc34)n2)C[C@H](C#N)C1. The van der Waals surface area contributed by atoms with Crippen molar-refractivity contribution in [3.63, 3.8) is 0 Å². The van der Waals surface area contributed by atoms with Crippen molar-refractivity contribution in [3.05, 3.63) is 49.1 Å². The zero-order valence-electron chi connectivity index (χ0n) is 16.5. The monoisotopic (exact) mass is 407 g/mol. The summed E-state index contributed by atoms with van der Waals surface area (Å²) in [7, 11) is 0. The van der Waals surface area contributed by atoms with Crippen LogP contribution in [-0.2, 0) is 5.54 Å².